The average Bonchev–Trinajstić information content (AvgIpc) is 3.00. The van der Waals surface area contributed by atoms with Crippen LogP contribution < -0.4 is 10.6 Å². The van der Waals surface area contributed by atoms with E-state index in [9.17, 15) is 0 Å². The third-order valence-electron chi connectivity index (χ3n) is 6.89. The van der Waals surface area contributed by atoms with E-state index in [1.54, 1.807) is 23.5 Å². The van der Waals surface area contributed by atoms with Crippen molar-refractivity contribution in [1.82, 2.24) is 20.4 Å². The van der Waals surface area contributed by atoms with Crippen LogP contribution in [0.1, 0.15) is 22.3 Å². The van der Waals surface area contributed by atoms with Gasteiger partial charge in [0.25, 0.3) is 0 Å². The number of nitrogens with zero attached hydrogens (tertiary/aromatic N) is 4. The lowest BCUT2D eigenvalue weighted by molar-refractivity contribution is 0.270. The van der Waals surface area contributed by atoms with Gasteiger partial charge in [-0.25, -0.2) is 9.98 Å². The first-order valence-electron chi connectivity index (χ1n) is 13.4. The number of benzene rings is 3. The lowest BCUT2D eigenvalue weighted by Crippen LogP contribution is -2.42. The van der Waals surface area contributed by atoms with E-state index in [1.807, 2.05) is 36.4 Å². The van der Waals surface area contributed by atoms with Crippen molar-refractivity contribution in [2.24, 2.45) is 9.98 Å². The Balaban J connectivity index is 1.04. The van der Waals surface area contributed by atoms with E-state index in [4.69, 9.17) is 33.2 Å². The molecule has 3 aromatic carbocycles. The number of hydrogen-bond acceptors (Lipinski definition) is 8. The summed E-state index contributed by atoms with van der Waals surface area (Å²) in [5.74, 6) is 1.77. The molecule has 0 saturated heterocycles. The van der Waals surface area contributed by atoms with Crippen molar-refractivity contribution in [3.8, 4) is 0 Å². The highest BCUT2D eigenvalue weighted by molar-refractivity contribution is 8.13. The highest BCUT2D eigenvalue weighted by atomic mass is 35.5. The summed E-state index contributed by atoms with van der Waals surface area (Å²) in [5.41, 5.74) is 5.04. The predicted molar refractivity (Wildman–Crippen MR) is 173 cm³/mol. The lowest BCUT2D eigenvalue weighted by Gasteiger charge is -2.27. The zero-order valence-electron chi connectivity index (χ0n) is 22.4. The van der Waals surface area contributed by atoms with Crippen molar-refractivity contribution >= 4 is 57.1 Å². The largest absolute Gasteiger partial charge is 0.352 e. The van der Waals surface area contributed by atoms with Gasteiger partial charge in [-0.2, -0.15) is 0 Å². The highest BCUT2D eigenvalue weighted by Crippen LogP contribution is 2.23. The summed E-state index contributed by atoms with van der Waals surface area (Å²) in [5, 5.41) is 10.6. The van der Waals surface area contributed by atoms with Crippen molar-refractivity contribution < 1.29 is 0 Å². The standard InChI is InChI=1S/C30H34Cl2N6S2/c31-27-11-5-3-7-23(27)13-15-37-19-33-29(34-20-37)39-17-25-9-1-2-10-26(25)18-40-30-35-21-38(22-36-30)16-14-24-8-4-6-12-28(24)32/h1-12H,13-22H2,(H,33,34)(H,35,36). The zero-order chi connectivity index (χ0) is 27.6. The maximum absolute atomic E-state index is 6.30. The molecule has 10 heteroatoms. The first kappa shape index (κ1) is 29.3. The van der Waals surface area contributed by atoms with Gasteiger partial charge in [0.05, 0.1) is 26.7 Å². The minimum absolute atomic E-state index is 0.707. The van der Waals surface area contributed by atoms with Gasteiger partial charge in [0.15, 0.2) is 10.3 Å². The minimum atomic E-state index is 0.707. The van der Waals surface area contributed by atoms with Gasteiger partial charge in [0.1, 0.15) is 0 Å². The molecule has 0 saturated carbocycles. The molecule has 0 aromatic heterocycles. The van der Waals surface area contributed by atoms with Gasteiger partial charge in [-0.15, -0.1) is 0 Å². The fourth-order valence-corrected chi connectivity index (χ4v) is 6.72. The summed E-state index contributed by atoms with van der Waals surface area (Å²) >= 11 is 16.1. The third kappa shape index (κ3) is 8.65. The molecule has 0 bridgehead atoms. The summed E-state index contributed by atoms with van der Waals surface area (Å²) < 4.78 is 0. The first-order chi connectivity index (χ1) is 19.6. The molecular weight excluding hydrogens is 579 g/mol. The van der Waals surface area contributed by atoms with Gasteiger partial charge in [0.2, 0.25) is 0 Å². The van der Waals surface area contributed by atoms with Crippen molar-refractivity contribution in [3.05, 3.63) is 105 Å². The molecule has 3 aromatic rings. The quantitative estimate of drug-likeness (QED) is 0.280. The monoisotopic (exact) mass is 612 g/mol. The molecule has 0 radical (unpaired) electrons. The molecule has 210 valence electrons. The van der Waals surface area contributed by atoms with Gasteiger partial charge >= 0.3 is 0 Å². The van der Waals surface area contributed by atoms with Gasteiger partial charge in [-0.05, 0) is 47.2 Å². The van der Waals surface area contributed by atoms with E-state index in [0.717, 1.165) is 71.2 Å². The average molecular weight is 614 g/mol. The molecule has 2 N–H and O–H groups in total. The molecule has 2 aliphatic heterocycles. The molecule has 6 nitrogen and oxygen atoms in total. The molecule has 0 aliphatic carbocycles. The smallest absolute Gasteiger partial charge is 0.159 e. The minimum Gasteiger partial charge on any atom is -0.352 e. The van der Waals surface area contributed by atoms with Crippen LogP contribution in [0.25, 0.3) is 0 Å². The van der Waals surface area contributed by atoms with Crippen LogP contribution in [0, 0.1) is 0 Å². The van der Waals surface area contributed by atoms with Crippen LogP contribution >= 0.6 is 46.7 Å². The van der Waals surface area contributed by atoms with Gasteiger partial charge < -0.3 is 10.6 Å². The van der Waals surface area contributed by atoms with E-state index in [1.165, 1.54) is 22.3 Å². The van der Waals surface area contributed by atoms with Crippen LogP contribution in [0.2, 0.25) is 10.0 Å². The summed E-state index contributed by atoms with van der Waals surface area (Å²) in [6.07, 6.45) is 1.84. The maximum atomic E-state index is 6.30. The number of halogens is 2. The number of nitrogens with one attached hydrogen (secondary N) is 2. The fourth-order valence-electron chi connectivity index (χ4n) is 4.48. The first-order valence-corrected chi connectivity index (χ1v) is 16.2. The second kappa shape index (κ2) is 15.1. The summed E-state index contributed by atoms with van der Waals surface area (Å²) in [7, 11) is 0. The summed E-state index contributed by atoms with van der Waals surface area (Å²) in [6, 6.07) is 24.8. The van der Waals surface area contributed by atoms with E-state index in [-0.39, 0.29) is 0 Å². The van der Waals surface area contributed by atoms with Gasteiger partial charge in [-0.3, -0.25) is 9.80 Å². The second-order valence-electron chi connectivity index (χ2n) is 9.70. The normalized spacial score (nSPS) is 16.1. The van der Waals surface area contributed by atoms with E-state index < -0.39 is 0 Å². The molecular formula is C30H34Cl2N6S2. The number of hydrogen-bond donors (Lipinski definition) is 2. The Morgan fingerprint density at radius 1 is 0.600 bits per heavy atom. The Bertz CT molecular complexity index is 1230. The van der Waals surface area contributed by atoms with Crippen LogP contribution in [0.5, 0.6) is 0 Å². The Hall–Kier alpha value is -2.20. The summed E-state index contributed by atoms with van der Waals surface area (Å²) in [6.45, 7) is 4.87. The number of aliphatic imine (C=N–C) groups is 2. The molecule has 0 unspecified atom stereocenters. The van der Waals surface area contributed by atoms with Crippen molar-refractivity contribution in [3.63, 3.8) is 0 Å². The number of amidine groups is 2. The van der Waals surface area contributed by atoms with Gasteiger partial charge in [-0.1, -0.05) is 107 Å². The van der Waals surface area contributed by atoms with Crippen LogP contribution in [0.3, 0.4) is 0 Å². The molecule has 40 heavy (non-hydrogen) atoms. The van der Waals surface area contributed by atoms with Crippen molar-refractivity contribution in [2.45, 2.75) is 24.3 Å². The molecule has 5 rings (SSSR count). The fraction of sp³-hybridized carbons (Fsp3) is 0.333. The van der Waals surface area contributed by atoms with Crippen molar-refractivity contribution in [2.75, 3.05) is 39.8 Å². The van der Waals surface area contributed by atoms with E-state index in [2.05, 4.69) is 56.8 Å². The second-order valence-corrected chi connectivity index (χ2v) is 12.4. The topological polar surface area (TPSA) is 55.3 Å². The maximum Gasteiger partial charge on any atom is 0.159 e. The van der Waals surface area contributed by atoms with Crippen LogP contribution in [0.15, 0.2) is 82.8 Å². The molecule has 2 heterocycles. The van der Waals surface area contributed by atoms with E-state index >= 15 is 0 Å². The molecule has 0 amide bonds. The zero-order valence-corrected chi connectivity index (χ0v) is 25.5. The lowest BCUT2D eigenvalue weighted by atomic mass is 10.1. The van der Waals surface area contributed by atoms with Crippen molar-refractivity contribution in [1.29, 1.82) is 0 Å². The Kier molecular flexibility index (Phi) is 11.1. The number of rotatable bonds is 10. The van der Waals surface area contributed by atoms with Gasteiger partial charge in [0, 0.05) is 34.6 Å². The Labute approximate surface area is 255 Å². The predicted octanol–water partition coefficient (Wildman–Crippen LogP) is 6.30. The Morgan fingerprint density at radius 2 is 1.00 bits per heavy atom. The third-order valence-corrected chi connectivity index (χ3v) is 9.64. The summed E-state index contributed by atoms with van der Waals surface area (Å²) in [4.78, 5) is 14.1. The molecule has 0 fully saturated rings. The Morgan fingerprint density at radius 3 is 1.38 bits per heavy atom. The van der Waals surface area contributed by atoms with Crippen LogP contribution in [0.4, 0.5) is 0 Å². The number of thioether (sulfide) groups is 2. The molecule has 2 aliphatic rings. The molecule has 0 spiro atoms. The van der Waals surface area contributed by atoms with Crippen LogP contribution in [-0.4, -0.2) is 59.9 Å². The van der Waals surface area contributed by atoms with Crippen LogP contribution in [-0.2, 0) is 24.3 Å². The highest BCUT2D eigenvalue weighted by Gasteiger charge is 2.16. The SMILES string of the molecule is Clc1ccccc1CCN1CN=C(SCc2ccccc2CSC2=NCN(CCc3ccccc3Cl)CN2)NC1. The molecule has 0 atom stereocenters. The van der Waals surface area contributed by atoms with E-state index in [0.29, 0.717) is 13.3 Å².